The van der Waals surface area contributed by atoms with Crippen LogP contribution in [-0.2, 0) is 0 Å². The zero-order valence-corrected chi connectivity index (χ0v) is 9.27. The SMILES string of the molecule is CCCNC(=O)Nc1ccc(N)cc1Cl. The summed E-state index contributed by atoms with van der Waals surface area (Å²) in [5.74, 6) is 0. The Morgan fingerprint density at radius 3 is 2.87 bits per heavy atom. The van der Waals surface area contributed by atoms with Crippen molar-refractivity contribution in [2.75, 3.05) is 17.6 Å². The molecule has 0 saturated heterocycles. The largest absolute Gasteiger partial charge is 0.399 e. The van der Waals surface area contributed by atoms with Crippen molar-refractivity contribution >= 4 is 29.0 Å². The van der Waals surface area contributed by atoms with Gasteiger partial charge in [0, 0.05) is 12.2 Å². The highest BCUT2D eigenvalue weighted by molar-refractivity contribution is 6.34. The van der Waals surface area contributed by atoms with Crippen LogP contribution in [0, 0.1) is 0 Å². The van der Waals surface area contributed by atoms with Crippen LogP contribution in [-0.4, -0.2) is 12.6 Å². The second-order valence-corrected chi connectivity index (χ2v) is 3.53. The molecule has 0 aliphatic carbocycles. The summed E-state index contributed by atoms with van der Waals surface area (Å²) in [6.45, 7) is 2.62. The number of hydrogen-bond donors (Lipinski definition) is 3. The topological polar surface area (TPSA) is 67.2 Å². The number of nitrogens with one attached hydrogen (secondary N) is 2. The molecule has 0 heterocycles. The molecule has 0 aliphatic rings. The molecule has 0 bridgehead atoms. The number of carbonyl (C=O) groups excluding carboxylic acids is 1. The summed E-state index contributed by atoms with van der Waals surface area (Å²) in [5, 5.41) is 5.75. The van der Waals surface area contributed by atoms with E-state index >= 15 is 0 Å². The van der Waals surface area contributed by atoms with Gasteiger partial charge in [-0.25, -0.2) is 4.79 Å². The minimum atomic E-state index is -0.261. The highest BCUT2D eigenvalue weighted by atomic mass is 35.5. The molecule has 0 aromatic heterocycles. The summed E-state index contributed by atoms with van der Waals surface area (Å²) < 4.78 is 0. The lowest BCUT2D eigenvalue weighted by Gasteiger charge is -2.08. The molecule has 2 amide bonds. The van der Waals surface area contributed by atoms with Crippen molar-refractivity contribution in [3.63, 3.8) is 0 Å². The summed E-state index contributed by atoms with van der Waals surface area (Å²) in [6, 6.07) is 4.69. The van der Waals surface area contributed by atoms with Gasteiger partial charge in [-0.2, -0.15) is 0 Å². The quantitative estimate of drug-likeness (QED) is 0.695. The summed E-state index contributed by atoms with van der Waals surface area (Å²) in [6.07, 6.45) is 0.892. The molecule has 0 saturated carbocycles. The Morgan fingerprint density at radius 2 is 2.27 bits per heavy atom. The van der Waals surface area contributed by atoms with Gasteiger partial charge in [-0.05, 0) is 24.6 Å². The molecule has 5 heteroatoms. The number of hydrogen-bond acceptors (Lipinski definition) is 2. The van der Waals surface area contributed by atoms with Gasteiger partial charge in [0.1, 0.15) is 0 Å². The van der Waals surface area contributed by atoms with Gasteiger partial charge in [0.05, 0.1) is 10.7 Å². The minimum Gasteiger partial charge on any atom is -0.399 e. The fourth-order valence-corrected chi connectivity index (χ4v) is 1.27. The lowest BCUT2D eigenvalue weighted by Crippen LogP contribution is -2.29. The van der Waals surface area contributed by atoms with Gasteiger partial charge in [-0.15, -0.1) is 0 Å². The zero-order chi connectivity index (χ0) is 11.3. The van der Waals surface area contributed by atoms with Crippen molar-refractivity contribution in [2.45, 2.75) is 13.3 Å². The molecular formula is C10H14ClN3O. The van der Waals surface area contributed by atoms with Gasteiger partial charge in [0.15, 0.2) is 0 Å². The Balaban J connectivity index is 2.60. The molecular weight excluding hydrogens is 214 g/mol. The van der Waals surface area contributed by atoms with Crippen molar-refractivity contribution in [3.05, 3.63) is 23.2 Å². The van der Waals surface area contributed by atoms with Crippen LogP contribution in [0.1, 0.15) is 13.3 Å². The van der Waals surface area contributed by atoms with Crippen molar-refractivity contribution in [3.8, 4) is 0 Å². The van der Waals surface area contributed by atoms with Crippen LogP contribution in [0.5, 0.6) is 0 Å². The van der Waals surface area contributed by atoms with Crippen LogP contribution in [0.15, 0.2) is 18.2 Å². The molecule has 0 spiro atoms. The fraction of sp³-hybridized carbons (Fsp3) is 0.300. The van der Waals surface area contributed by atoms with E-state index in [2.05, 4.69) is 10.6 Å². The molecule has 0 aliphatic heterocycles. The second-order valence-electron chi connectivity index (χ2n) is 3.12. The number of halogens is 1. The lowest BCUT2D eigenvalue weighted by molar-refractivity contribution is 0.252. The number of nitrogen functional groups attached to an aromatic ring is 1. The van der Waals surface area contributed by atoms with E-state index in [1.54, 1.807) is 18.2 Å². The summed E-state index contributed by atoms with van der Waals surface area (Å²) in [5.41, 5.74) is 6.65. The first-order chi connectivity index (χ1) is 7.13. The number of rotatable bonds is 3. The minimum absolute atomic E-state index is 0.261. The number of nitrogens with two attached hydrogens (primary N) is 1. The fourth-order valence-electron chi connectivity index (χ4n) is 1.04. The highest BCUT2D eigenvalue weighted by Gasteiger charge is 2.04. The average Bonchev–Trinajstić information content (AvgIpc) is 2.19. The molecule has 1 aromatic carbocycles. The van der Waals surface area contributed by atoms with Gasteiger partial charge >= 0.3 is 6.03 Å². The average molecular weight is 228 g/mol. The Labute approximate surface area is 93.8 Å². The first kappa shape index (κ1) is 11.7. The predicted molar refractivity (Wildman–Crippen MR) is 63.2 cm³/mol. The number of carbonyl (C=O) groups is 1. The van der Waals surface area contributed by atoms with Crippen LogP contribution < -0.4 is 16.4 Å². The molecule has 0 radical (unpaired) electrons. The molecule has 4 nitrogen and oxygen atoms in total. The number of urea groups is 1. The molecule has 4 N–H and O–H groups in total. The third-order valence-corrected chi connectivity index (χ3v) is 2.09. The van der Waals surface area contributed by atoms with Crippen LogP contribution in [0.4, 0.5) is 16.2 Å². The molecule has 15 heavy (non-hydrogen) atoms. The molecule has 1 aromatic rings. The van der Waals surface area contributed by atoms with Crippen molar-refractivity contribution in [2.24, 2.45) is 0 Å². The van der Waals surface area contributed by atoms with E-state index in [1.807, 2.05) is 6.92 Å². The Bertz CT molecular complexity index is 355. The van der Waals surface area contributed by atoms with Crippen LogP contribution >= 0.6 is 11.6 Å². The molecule has 82 valence electrons. The Morgan fingerprint density at radius 1 is 1.53 bits per heavy atom. The van der Waals surface area contributed by atoms with E-state index in [0.717, 1.165) is 6.42 Å². The van der Waals surface area contributed by atoms with Gasteiger partial charge in [-0.1, -0.05) is 18.5 Å². The van der Waals surface area contributed by atoms with Crippen LogP contribution in [0.2, 0.25) is 5.02 Å². The first-order valence-electron chi connectivity index (χ1n) is 4.73. The third kappa shape index (κ3) is 3.67. The molecule has 0 fully saturated rings. The van der Waals surface area contributed by atoms with E-state index in [4.69, 9.17) is 17.3 Å². The zero-order valence-electron chi connectivity index (χ0n) is 8.51. The van der Waals surface area contributed by atoms with E-state index < -0.39 is 0 Å². The number of anilines is 2. The van der Waals surface area contributed by atoms with Crippen LogP contribution in [0.3, 0.4) is 0 Å². The van der Waals surface area contributed by atoms with Crippen molar-refractivity contribution in [1.82, 2.24) is 5.32 Å². The maximum Gasteiger partial charge on any atom is 0.319 e. The van der Waals surface area contributed by atoms with Crippen LogP contribution in [0.25, 0.3) is 0 Å². The highest BCUT2D eigenvalue weighted by Crippen LogP contribution is 2.23. The normalized spacial score (nSPS) is 9.73. The van der Waals surface area contributed by atoms with Gasteiger partial charge < -0.3 is 16.4 Å². The molecule has 0 unspecified atom stereocenters. The Kier molecular flexibility index (Phi) is 4.24. The maximum atomic E-state index is 11.3. The van der Waals surface area contributed by atoms with Gasteiger partial charge in [0.2, 0.25) is 0 Å². The number of amides is 2. The predicted octanol–water partition coefficient (Wildman–Crippen LogP) is 2.45. The molecule has 0 atom stereocenters. The van der Waals surface area contributed by atoms with E-state index in [1.165, 1.54) is 0 Å². The lowest BCUT2D eigenvalue weighted by atomic mass is 10.3. The van der Waals surface area contributed by atoms with Gasteiger partial charge in [0.25, 0.3) is 0 Å². The standard InChI is InChI=1S/C10H14ClN3O/c1-2-5-13-10(15)14-9-4-3-7(12)6-8(9)11/h3-4,6H,2,5,12H2,1H3,(H2,13,14,15). The van der Waals surface area contributed by atoms with E-state index in [9.17, 15) is 4.79 Å². The van der Waals surface area contributed by atoms with E-state index in [0.29, 0.717) is 22.9 Å². The maximum absolute atomic E-state index is 11.3. The molecule has 1 rings (SSSR count). The first-order valence-corrected chi connectivity index (χ1v) is 5.11. The number of benzene rings is 1. The summed E-state index contributed by atoms with van der Waals surface area (Å²) in [4.78, 5) is 11.3. The Hall–Kier alpha value is -1.42. The third-order valence-electron chi connectivity index (χ3n) is 1.78. The van der Waals surface area contributed by atoms with E-state index in [-0.39, 0.29) is 6.03 Å². The summed E-state index contributed by atoms with van der Waals surface area (Å²) >= 11 is 5.89. The monoisotopic (exact) mass is 227 g/mol. The van der Waals surface area contributed by atoms with Crippen molar-refractivity contribution < 1.29 is 4.79 Å². The smallest absolute Gasteiger partial charge is 0.319 e. The van der Waals surface area contributed by atoms with Crippen molar-refractivity contribution in [1.29, 1.82) is 0 Å². The van der Waals surface area contributed by atoms with Gasteiger partial charge in [-0.3, -0.25) is 0 Å². The summed E-state index contributed by atoms with van der Waals surface area (Å²) in [7, 11) is 0. The second kappa shape index (κ2) is 5.46.